The molecule has 20 heavy (non-hydrogen) atoms. The molecule has 0 unspecified atom stereocenters. The highest BCUT2D eigenvalue weighted by Gasteiger charge is 2.13. The van der Waals surface area contributed by atoms with Crippen molar-refractivity contribution in [3.05, 3.63) is 53.1 Å². The number of carbonyl (C=O) groups is 1. The summed E-state index contributed by atoms with van der Waals surface area (Å²) in [7, 11) is 1.55. The molecular weight excluding hydrogens is 254 g/mol. The molecule has 0 atom stereocenters. The molecule has 0 saturated carbocycles. The second-order valence-corrected chi connectivity index (χ2v) is 4.68. The van der Waals surface area contributed by atoms with Crippen LogP contribution < -0.4 is 10.1 Å². The van der Waals surface area contributed by atoms with Crippen molar-refractivity contribution >= 4 is 11.6 Å². The van der Waals surface area contributed by atoms with E-state index in [2.05, 4.69) is 5.32 Å². The van der Waals surface area contributed by atoms with Gasteiger partial charge in [0.05, 0.1) is 18.4 Å². The molecule has 2 aromatic carbocycles. The van der Waals surface area contributed by atoms with Crippen LogP contribution in [0, 0.1) is 13.8 Å². The topological polar surface area (TPSA) is 58.6 Å². The molecule has 0 bridgehead atoms. The number of phenolic OH excluding ortho intramolecular Hbond substituents is 1. The maximum Gasteiger partial charge on any atom is 0.259 e. The van der Waals surface area contributed by atoms with E-state index in [4.69, 9.17) is 4.74 Å². The number of benzene rings is 2. The van der Waals surface area contributed by atoms with Crippen molar-refractivity contribution in [1.82, 2.24) is 0 Å². The normalized spacial score (nSPS) is 10.2. The first kappa shape index (κ1) is 13.9. The summed E-state index contributed by atoms with van der Waals surface area (Å²) in [6.07, 6.45) is 0. The molecule has 0 aromatic heterocycles. The van der Waals surface area contributed by atoms with E-state index in [1.165, 1.54) is 0 Å². The first-order valence-electron chi connectivity index (χ1n) is 6.27. The maximum absolute atomic E-state index is 12.2. The molecule has 2 rings (SSSR count). The number of methoxy groups -OCH3 is 1. The third kappa shape index (κ3) is 2.91. The van der Waals surface area contributed by atoms with Gasteiger partial charge in [0.2, 0.25) is 0 Å². The van der Waals surface area contributed by atoms with Gasteiger partial charge in [-0.05, 0) is 49.2 Å². The van der Waals surface area contributed by atoms with Crippen LogP contribution in [0.25, 0.3) is 0 Å². The lowest BCUT2D eigenvalue weighted by Gasteiger charge is -2.12. The molecule has 0 heterocycles. The average Bonchev–Trinajstić information content (AvgIpc) is 2.38. The van der Waals surface area contributed by atoms with E-state index < -0.39 is 0 Å². The zero-order valence-electron chi connectivity index (χ0n) is 11.7. The number of ether oxygens (including phenoxy) is 1. The second-order valence-electron chi connectivity index (χ2n) is 4.68. The van der Waals surface area contributed by atoms with Crippen molar-refractivity contribution in [2.45, 2.75) is 13.8 Å². The first-order chi connectivity index (χ1) is 9.51. The van der Waals surface area contributed by atoms with Crippen LogP contribution >= 0.6 is 0 Å². The molecule has 4 nitrogen and oxygen atoms in total. The van der Waals surface area contributed by atoms with Gasteiger partial charge in [-0.15, -0.1) is 0 Å². The summed E-state index contributed by atoms with van der Waals surface area (Å²) >= 11 is 0. The van der Waals surface area contributed by atoms with Gasteiger partial charge in [0.1, 0.15) is 11.5 Å². The molecule has 1 amide bonds. The summed E-state index contributed by atoms with van der Waals surface area (Å²) in [5, 5.41) is 12.6. The molecule has 4 heteroatoms. The standard InChI is InChI=1S/C16H17NO3/c1-10-5-7-15(20-3)13(8-10)17-16(19)12-6-4-11(2)9-14(12)18/h4-9,18H,1-3H3,(H,17,19). The Hall–Kier alpha value is -2.49. The number of aromatic hydroxyl groups is 1. The highest BCUT2D eigenvalue weighted by Crippen LogP contribution is 2.27. The molecule has 2 aromatic rings. The number of hydrogen-bond acceptors (Lipinski definition) is 3. The maximum atomic E-state index is 12.2. The predicted molar refractivity (Wildman–Crippen MR) is 78.5 cm³/mol. The van der Waals surface area contributed by atoms with Crippen LogP contribution in [0.4, 0.5) is 5.69 Å². The van der Waals surface area contributed by atoms with E-state index in [1.807, 2.05) is 26.0 Å². The van der Waals surface area contributed by atoms with Crippen LogP contribution in [0.5, 0.6) is 11.5 Å². The van der Waals surface area contributed by atoms with Crippen LogP contribution in [-0.4, -0.2) is 18.1 Å². The van der Waals surface area contributed by atoms with Crippen molar-refractivity contribution in [2.24, 2.45) is 0 Å². The summed E-state index contributed by atoms with van der Waals surface area (Å²) in [6.45, 7) is 3.78. The predicted octanol–water partition coefficient (Wildman–Crippen LogP) is 3.27. The number of nitrogens with one attached hydrogen (secondary N) is 1. The third-order valence-electron chi connectivity index (χ3n) is 3.00. The van der Waals surface area contributed by atoms with Crippen molar-refractivity contribution < 1.29 is 14.6 Å². The van der Waals surface area contributed by atoms with E-state index in [0.717, 1.165) is 11.1 Å². The zero-order chi connectivity index (χ0) is 14.7. The summed E-state index contributed by atoms with van der Waals surface area (Å²) in [5.74, 6) is 0.177. The van der Waals surface area contributed by atoms with E-state index >= 15 is 0 Å². The number of hydrogen-bond donors (Lipinski definition) is 2. The van der Waals surface area contributed by atoms with E-state index in [-0.39, 0.29) is 17.2 Å². The van der Waals surface area contributed by atoms with Gasteiger partial charge >= 0.3 is 0 Å². The fraction of sp³-hybridized carbons (Fsp3) is 0.188. The Labute approximate surface area is 118 Å². The fourth-order valence-corrected chi connectivity index (χ4v) is 1.94. The molecule has 0 aliphatic carbocycles. The zero-order valence-corrected chi connectivity index (χ0v) is 11.7. The lowest BCUT2D eigenvalue weighted by Crippen LogP contribution is -2.13. The van der Waals surface area contributed by atoms with Crippen LogP contribution in [0.1, 0.15) is 21.5 Å². The third-order valence-corrected chi connectivity index (χ3v) is 3.00. The second kappa shape index (κ2) is 5.65. The van der Waals surface area contributed by atoms with Crippen LogP contribution in [-0.2, 0) is 0 Å². The van der Waals surface area contributed by atoms with Crippen molar-refractivity contribution in [3.8, 4) is 11.5 Å². The Morgan fingerprint density at radius 2 is 1.75 bits per heavy atom. The van der Waals surface area contributed by atoms with Gasteiger partial charge in [0, 0.05) is 0 Å². The van der Waals surface area contributed by atoms with Crippen LogP contribution in [0.2, 0.25) is 0 Å². The Kier molecular flexibility index (Phi) is 3.94. The summed E-state index contributed by atoms with van der Waals surface area (Å²) in [4.78, 5) is 12.2. The smallest absolute Gasteiger partial charge is 0.259 e. The minimum atomic E-state index is -0.369. The van der Waals surface area contributed by atoms with Crippen molar-refractivity contribution in [2.75, 3.05) is 12.4 Å². The molecule has 0 saturated heterocycles. The highest BCUT2D eigenvalue weighted by molar-refractivity contribution is 6.06. The minimum Gasteiger partial charge on any atom is -0.507 e. The summed E-state index contributed by atoms with van der Waals surface area (Å²) in [5.41, 5.74) is 2.72. The van der Waals surface area contributed by atoms with Gasteiger partial charge in [-0.25, -0.2) is 0 Å². The first-order valence-corrected chi connectivity index (χ1v) is 6.27. The number of anilines is 1. The molecule has 2 N–H and O–H groups in total. The largest absolute Gasteiger partial charge is 0.507 e. The summed E-state index contributed by atoms with van der Waals surface area (Å²) in [6, 6.07) is 10.5. The molecular formula is C16H17NO3. The lowest BCUT2D eigenvalue weighted by atomic mass is 10.1. The number of rotatable bonds is 3. The number of carbonyl (C=O) groups excluding carboxylic acids is 1. The average molecular weight is 271 g/mol. The van der Waals surface area contributed by atoms with Crippen molar-refractivity contribution in [3.63, 3.8) is 0 Å². The van der Waals surface area contributed by atoms with Gasteiger partial charge in [-0.1, -0.05) is 12.1 Å². The van der Waals surface area contributed by atoms with E-state index in [1.54, 1.807) is 31.4 Å². The van der Waals surface area contributed by atoms with Crippen molar-refractivity contribution in [1.29, 1.82) is 0 Å². The Morgan fingerprint density at radius 3 is 2.40 bits per heavy atom. The van der Waals surface area contributed by atoms with Gasteiger partial charge in [0.15, 0.2) is 0 Å². The molecule has 0 spiro atoms. The monoisotopic (exact) mass is 271 g/mol. The van der Waals surface area contributed by atoms with Gasteiger partial charge in [-0.3, -0.25) is 4.79 Å². The number of phenols is 1. The summed E-state index contributed by atoms with van der Waals surface area (Å²) < 4.78 is 5.21. The van der Waals surface area contributed by atoms with Crippen LogP contribution in [0.15, 0.2) is 36.4 Å². The quantitative estimate of drug-likeness (QED) is 0.900. The van der Waals surface area contributed by atoms with Gasteiger partial charge < -0.3 is 15.2 Å². The van der Waals surface area contributed by atoms with E-state index in [0.29, 0.717) is 11.4 Å². The highest BCUT2D eigenvalue weighted by atomic mass is 16.5. The minimum absolute atomic E-state index is 0.0332. The Bertz CT molecular complexity index is 650. The van der Waals surface area contributed by atoms with Crippen LogP contribution in [0.3, 0.4) is 0 Å². The number of aryl methyl sites for hydroxylation is 2. The fourth-order valence-electron chi connectivity index (χ4n) is 1.94. The SMILES string of the molecule is COc1ccc(C)cc1NC(=O)c1ccc(C)cc1O. The Morgan fingerprint density at radius 1 is 1.10 bits per heavy atom. The Balaban J connectivity index is 2.30. The molecule has 0 aliphatic rings. The number of amides is 1. The molecule has 0 aliphatic heterocycles. The molecule has 0 fully saturated rings. The van der Waals surface area contributed by atoms with Gasteiger partial charge in [-0.2, -0.15) is 0 Å². The lowest BCUT2D eigenvalue weighted by molar-refractivity contribution is 0.102. The molecule has 0 radical (unpaired) electrons. The van der Waals surface area contributed by atoms with Gasteiger partial charge in [0.25, 0.3) is 5.91 Å². The molecule has 104 valence electrons. The van der Waals surface area contributed by atoms with E-state index in [9.17, 15) is 9.90 Å².